The molecule has 3 aromatic rings. The summed E-state index contributed by atoms with van der Waals surface area (Å²) in [6.07, 6.45) is 2.51. The van der Waals surface area contributed by atoms with Gasteiger partial charge >= 0.3 is 0 Å². The van der Waals surface area contributed by atoms with Gasteiger partial charge in [0.15, 0.2) is 6.29 Å². The zero-order valence-corrected chi connectivity index (χ0v) is 11.4. The molecule has 0 fully saturated rings. The van der Waals surface area contributed by atoms with Gasteiger partial charge < -0.3 is 0 Å². The van der Waals surface area contributed by atoms with Crippen molar-refractivity contribution in [2.75, 3.05) is 0 Å². The van der Waals surface area contributed by atoms with Gasteiger partial charge in [-0.05, 0) is 12.1 Å². The van der Waals surface area contributed by atoms with E-state index >= 15 is 0 Å². The fourth-order valence-electron chi connectivity index (χ4n) is 1.61. The van der Waals surface area contributed by atoms with Crippen LogP contribution in [0.2, 0.25) is 0 Å². The lowest BCUT2D eigenvalue weighted by atomic mass is 10.3. The predicted octanol–water partition coefficient (Wildman–Crippen LogP) is 3.96. The number of hydrogen-bond donors (Lipinski definition) is 0. The molecule has 0 amide bonds. The van der Waals surface area contributed by atoms with Crippen LogP contribution in [0.4, 0.5) is 0 Å². The van der Waals surface area contributed by atoms with Gasteiger partial charge in [-0.15, -0.1) is 22.7 Å². The average Bonchev–Trinajstić information content (AvgIpc) is 2.79. The van der Waals surface area contributed by atoms with Gasteiger partial charge in [-0.1, -0.05) is 24.4 Å². The molecular weight excluding hydrogens is 284 g/mol. The lowest BCUT2D eigenvalue weighted by Gasteiger charge is -2.00. The highest BCUT2D eigenvalue weighted by molar-refractivity contribution is 7.76. The maximum absolute atomic E-state index is 11.0. The fourth-order valence-corrected chi connectivity index (χ4v) is 4.01. The lowest BCUT2D eigenvalue weighted by molar-refractivity contribution is 0.112. The van der Waals surface area contributed by atoms with Crippen LogP contribution in [0.15, 0.2) is 30.5 Å². The summed E-state index contributed by atoms with van der Waals surface area (Å²) in [7, 11) is 0. The van der Waals surface area contributed by atoms with Gasteiger partial charge in [0.1, 0.15) is 8.83 Å². The second-order valence-electron chi connectivity index (χ2n) is 3.51. The van der Waals surface area contributed by atoms with Crippen LogP contribution in [0.3, 0.4) is 0 Å². The van der Waals surface area contributed by atoms with E-state index in [0.717, 1.165) is 25.3 Å². The normalized spacial score (nSPS) is 10.7. The molecule has 3 rings (SSSR count). The molecule has 0 radical (unpaired) electrons. The highest BCUT2D eigenvalue weighted by atomic mass is 32.2. The molecule has 0 atom stereocenters. The number of aldehydes is 1. The van der Waals surface area contributed by atoms with Gasteiger partial charge in [0.2, 0.25) is 0 Å². The van der Waals surface area contributed by atoms with E-state index < -0.39 is 0 Å². The van der Waals surface area contributed by atoms with Crippen LogP contribution in [-0.2, 0) is 0 Å². The molecule has 6 heteroatoms. The monoisotopic (exact) mass is 290 g/mol. The molecule has 2 heterocycles. The molecule has 88 valence electrons. The Labute approximate surface area is 116 Å². The number of nitrogens with zero attached hydrogens (tertiary/aromatic N) is 2. The molecular formula is C12H6N2OS3. The van der Waals surface area contributed by atoms with E-state index in [9.17, 15) is 4.79 Å². The Hall–Kier alpha value is -1.50. The van der Waals surface area contributed by atoms with E-state index in [1.165, 1.54) is 22.7 Å². The molecule has 0 unspecified atom stereocenters. The Morgan fingerprint density at radius 3 is 2.72 bits per heavy atom. The van der Waals surface area contributed by atoms with Gasteiger partial charge in [0.25, 0.3) is 0 Å². The summed E-state index contributed by atoms with van der Waals surface area (Å²) in [6, 6.07) is 7.64. The van der Waals surface area contributed by atoms with Crippen LogP contribution < -0.4 is 0 Å². The first-order valence-electron chi connectivity index (χ1n) is 5.09. The molecule has 2 aromatic heterocycles. The van der Waals surface area contributed by atoms with Crippen LogP contribution in [0.5, 0.6) is 0 Å². The standard InChI is InChI=1S/C12H6N2OS3/c15-6-10-11(18-12(16)17-10)9-5-13-7-3-1-2-4-8(7)14-9/h1-6H. The minimum Gasteiger partial charge on any atom is -0.297 e. The molecule has 0 spiro atoms. The van der Waals surface area contributed by atoms with Crippen LogP contribution in [0, 0.1) is 3.14 Å². The van der Waals surface area contributed by atoms with Gasteiger partial charge in [0, 0.05) is 0 Å². The molecule has 0 saturated carbocycles. The van der Waals surface area contributed by atoms with E-state index in [1.54, 1.807) is 6.20 Å². The highest BCUT2D eigenvalue weighted by Crippen LogP contribution is 2.32. The van der Waals surface area contributed by atoms with E-state index in [4.69, 9.17) is 12.2 Å². The minimum atomic E-state index is 0.620. The Bertz CT molecular complexity index is 791. The van der Waals surface area contributed by atoms with E-state index in [-0.39, 0.29) is 0 Å². The number of carbonyl (C=O) groups is 1. The molecule has 0 aliphatic heterocycles. The maximum atomic E-state index is 11.0. The van der Waals surface area contributed by atoms with Gasteiger partial charge in [-0.2, -0.15) is 0 Å². The van der Waals surface area contributed by atoms with Crippen LogP contribution in [0.1, 0.15) is 9.67 Å². The zero-order chi connectivity index (χ0) is 12.5. The Kier molecular flexibility index (Phi) is 2.99. The van der Waals surface area contributed by atoms with Crippen molar-refractivity contribution in [1.82, 2.24) is 9.97 Å². The highest BCUT2D eigenvalue weighted by Gasteiger charge is 2.11. The third-order valence-corrected chi connectivity index (χ3v) is 5.01. The predicted molar refractivity (Wildman–Crippen MR) is 76.9 cm³/mol. The molecule has 0 saturated heterocycles. The topological polar surface area (TPSA) is 42.9 Å². The second kappa shape index (κ2) is 4.64. The first kappa shape index (κ1) is 11.6. The quantitative estimate of drug-likeness (QED) is 0.529. The van der Waals surface area contributed by atoms with Crippen molar-refractivity contribution in [3.63, 3.8) is 0 Å². The van der Waals surface area contributed by atoms with Crippen molar-refractivity contribution >= 4 is 52.2 Å². The Morgan fingerprint density at radius 2 is 1.94 bits per heavy atom. The fraction of sp³-hybridized carbons (Fsp3) is 0. The number of para-hydroxylation sites is 2. The number of aromatic nitrogens is 2. The summed E-state index contributed by atoms with van der Waals surface area (Å²) in [5, 5.41) is 0. The summed E-state index contributed by atoms with van der Waals surface area (Å²) >= 11 is 7.82. The van der Waals surface area contributed by atoms with E-state index in [0.29, 0.717) is 10.6 Å². The summed E-state index contributed by atoms with van der Waals surface area (Å²) in [5.74, 6) is 0. The number of fused-ring (bicyclic) bond motifs is 1. The third-order valence-electron chi connectivity index (χ3n) is 2.39. The Morgan fingerprint density at radius 1 is 1.17 bits per heavy atom. The first-order valence-corrected chi connectivity index (χ1v) is 7.13. The van der Waals surface area contributed by atoms with Crippen molar-refractivity contribution in [3.05, 3.63) is 38.5 Å². The molecule has 0 aliphatic carbocycles. The molecule has 0 aliphatic rings. The second-order valence-corrected chi connectivity index (χ2v) is 6.77. The summed E-state index contributed by atoms with van der Waals surface area (Å²) in [5.41, 5.74) is 2.36. The van der Waals surface area contributed by atoms with Crippen LogP contribution >= 0.6 is 34.9 Å². The first-order chi connectivity index (χ1) is 8.78. The molecule has 1 aromatic carbocycles. The van der Waals surface area contributed by atoms with Gasteiger partial charge in [-0.25, -0.2) is 4.98 Å². The number of carbonyl (C=O) groups excluding carboxylic acids is 1. The molecule has 18 heavy (non-hydrogen) atoms. The summed E-state index contributed by atoms with van der Waals surface area (Å²) in [4.78, 5) is 21.3. The number of benzene rings is 1. The number of rotatable bonds is 2. The third kappa shape index (κ3) is 1.98. The van der Waals surface area contributed by atoms with Crippen molar-refractivity contribution in [2.24, 2.45) is 0 Å². The van der Waals surface area contributed by atoms with E-state index in [2.05, 4.69) is 9.97 Å². The van der Waals surface area contributed by atoms with Crippen molar-refractivity contribution < 1.29 is 4.79 Å². The smallest absolute Gasteiger partial charge is 0.161 e. The SMILES string of the molecule is O=Cc1sc(=S)sc1-c1cnc2ccccc2n1. The van der Waals surface area contributed by atoms with Crippen LogP contribution in [0.25, 0.3) is 21.6 Å². The number of hydrogen-bond acceptors (Lipinski definition) is 6. The molecule has 0 N–H and O–H groups in total. The maximum Gasteiger partial charge on any atom is 0.161 e. The molecule has 3 nitrogen and oxygen atoms in total. The average molecular weight is 290 g/mol. The lowest BCUT2D eigenvalue weighted by Crippen LogP contribution is -1.88. The summed E-state index contributed by atoms with van der Waals surface area (Å²) < 4.78 is 0.724. The largest absolute Gasteiger partial charge is 0.297 e. The van der Waals surface area contributed by atoms with Gasteiger partial charge in [0.05, 0.1) is 27.0 Å². The van der Waals surface area contributed by atoms with Crippen molar-refractivity contribution in [1.29, 1.82) is 0 Å². The molecule has 0 bridgehead atoms. The zero-order valence-electron chi connectivity index (χ0n) is 8.99. The summed E-state index contributed by atoms with van der Waals surface area (Å²) in [6.45, 7) is 0. The van der Waals surface area contributed by atoms with Crippen molar-refractivity contribution in [2.45, 2.75) is 0 Å². The van der Waals surface area contributed by atoms with Crippen LogP contribution in [-0.4, -0.2) is 16.3 Å². The van der Waals surface area contributed by atoms with Crippen molar-refractivity contribution in [3.8, 4) is 10.6 Å². The Balaban J connectivity index is 2.25. The van der Waals surface area contributed by atoms with E-state index in [1.807, 2.05) is 24.3 Å². The minimum absolute atomic E-state index is 0.620. The van der Waals surface area contributed by atoms with Gasteiger partial charge in [-0.3, -0.25) is 9.78 Å².